The Morgan fingerprint density at radius 1 is 1.22 bits per heavy atom. The van der Waals surface area contributed by atoms with E-state index < -0.39 is 23.4 Å². The first-order valence-corrected chi connectivity index (χ1v) is 8.60. The summed E-state index contributed by atoms with van der Waals surface area (Å²) in [4.78, 5) is 38.5. The summed E-state index contributed by atoms with van der Waals surface area (Å²) in [6.07, 6.45) is 2.05. The van der Waals surface area contributed by atoms with Crippen LogP contribution in [0.3, 0.4) is 0 Å². The van der Waals surface area contributed by atoms with Gasteiger partial charge in [0.05, 0.1) is 18.5 Å². The van der Waals surface area contributed by atoms with Gasteiger partial charge in [0.2, 0.25) is 0 Å². The molecule has 1 unspecified atom stereocenters. The Labute approximate surface area is 155 Å². The van der Waals surface area contributed by atoms with Crippen molar-refractivity contribution in [3.63, 3.8) is 0 Å². The van der Waals surface area contributed by atoms with Crippen molar-refractivity contribution in [1.29, 1.82) is 0 Å². The molecule has 8 heteroatoms. The third kappa shape index (κ3) is 2.88. The molecule has 0 aliphatic carbocycles. The number of urea groups is 1. The van der Waals surface area contributed by atoms with E-state index in [-0.39, 0.29) is 6.54 Å². The van der Waals surface area contributed by atoms with E-state index in [0.717, 1.165) is 16.2 Å². The molecule has 1 aromatic carbocycles. The van der Waals surface area contributed by atoms with Crippen LogP contribution in [0.4, 0.5) is 4.79 Å². The average molecular weight is 366 g/mol. The number of amides is 4. The second-order valence-corrected chi connectivity index (χ2v) is 6.60. The quantitative estimate of drug-likeness (QED) is 0.833. The van der Waals surface area contributed by atoms with E-state index >= 15 is 0 Å². The van der Waals surface area contributed by atoms with Crippen molar-refractivity contribution in [2.75, 3.05) is 13.1 Å². The van der Waals surface area contributed by atoms with Gasteiger partial charge in [-0.3, -0.25) is 14.5 Å². The standard InChI is InChI=1S/C19H18N4O4/c1-19(15-8-5-11-27-15)17(25)22(18(26)20-19)12-16(24)23-10-9-14(21-23)13-6-3-2-4-7-13/h2-8,11H,9-10,12H2,1H3,(H,20,26). The molecule has 0 saturated carbocycles. The maximum absolute atomic E-state index is 12.7. The van der Waals surface area contributed by atoms with Gasteiger partial charge in [-0.25, -0.2) is 9.80 Å². The fraction of sp³-hybridized carbons (Fsp3) is 0.263. The number of rotatable bonds is 4. The number of furan rings is 1. The number of hydrazone groups is 1. The zero-order chi connectivity index (χ0) is 19.0. The molecule has 138 valence electrons. The molecule has 1 N–H and O–H groups in total. The number of benzene rings is 1. The predicted octanol–water partition coefficient (Wildman–Crippen LogP) is 1.68. The molecule has 2 aromatic rings. The lowest BCUT2D eigenvalue weighted by Crippen LogP contribution is -2.43. The van der Waals surface area contributed by atoms with E-state index in [9.17, 15) is 14.4 Å². The van der Waals surface area contributed by atoms with Crippen molar-refractivity contribution in [1.82, 2.24) is 15.2 Å². The lowest BCUT2D eigenvalue weighted by molar-refractivity contribution is -0.138. The van der Waals surface area contributed by atoms with E-state index in [1.54, 1.807) is 19.1 Å². The van der Waals surface area contributed by atoms with Gasteiger partial charge in [0.25, 0.3) is 11.8 Å². The smallest absolute Gasteiger partial charge is 0.325 e. The summed E-state index contributed by atoms with van der Waals surface area (Å²) in [5.41, 5.74) is 0.444. The van der Waals surface area contributed by atoms with Crippen LogP contribution >= 0.6 is 0 Å². The van der Waals surface area contributed by atoms with E-state index in [1.165, 1.54) is 11.3 Å². The van der Waals surface area contributed by atoms with Gasteiger partial charge >= 0.3 is 6.03 Å². The molecule has 1 atom stereocenters. The fourth-order valence-corrected chi connectivity index (χ4v) is 3.26. The van der Waals surface area contributed by atoms with Crippen LogP contribution in [-0.4, -0.2) is 46.6 Å². The lowest BCUT2D eigenvalue weighted by Gasteiger charge is -2.19. The molecule has 0 bridgehead atoms. The highest BCUT2D eigenvalue weighted by molar-refractivity contribution is 6.09. The van der Waals surface area contributed by atoms with Crippen LogP contribution in [0, 0.1) is 0 Å². The van der Waals surface area contributed by atoms with Crippen molar-refractivity contribution in [2.24, 2.45) is 5.10 Å². The van der Waals surface area contributed by atoms with Gasteiger partial charge < -0.3 is 9.73 Å². The van der Waals surface area contributed by atoms with Gasteiger partial charge in [-0.1, -0.05) is 30.3 Å². The highest BCUT2D eigenvalue weighted by Crippen LogP contribution is 2.29. The lowest BCUT2D eigenvalue weighted by atomic mass is 9.99. The summed E-state index contributed by atoms with van der Waals surface area (Å²) in [7, 11) is 0. The Morgan fingerprint density at radius 3 is 2.70 bits per heavy atom. The Hall–Kier alpha value is -3.42. The maximum atomic E-state index is 12.7. The Morgan fingerprint density at radius 2 is 2.00 bits per heavy atom. The fourth-order valence-electron chi connectivity index (χ4n) is 3.26. The molecule has 1 saturated heterocycles. The van der Waals surface area contributed by atoms with Crippen LogP contribution in [0.25, 0.3) is 0 Å². The van der Waals surface area contributed by atoms with Gasteiger partial charge in [-0.05, 0) is 24.6 Å². The molecule has 0 radical (unpaired) electrons. The Kier molecular flexibility index (Phi) is 4.02. The van der Waals surface area contributed by atoms with Crippen LogP contribution in [-0.2, 0) is 15.1 Å². The number of hydrogen-bond donors (Lipinski definition) is 1. The van der Waals surface area contributed by atoms with Gasteiger partial charge in [0.1, 0.15) is 12.3 Å². The number of carbonyl (C=O) groups is 3. The second-order valence-electron chi connectivity index (χ2n) is 6.60. The van der Waals surface area contributed by atoms with Gasteiger partial charge in [-0.15, -0.1) is 0 Å². The Bertz CT molecular complexity index is 922. The largest absolute Gasteiger partial charge is 0.466 e. The van der Waals surface area contributed by atoms with Crippen molar-refractivity contribution in [3.8, 4) is 0 Å². The van der Waals surface area contributed by atoms with Crippen molar-refractivity contribution < 1.29 is 18.8 Å². The number of carbonyl (C=O) groups excluding carboxylic acids is 3. The summed E-state index contributed by atoms with van der Waals surface area (Å²) in [5, 5.41) is 8.26. The molecule has 27 heavy (non-hydrogen) atoms. The number of nitrogens with zero attached hydrogens (tertiary/aromatic N) is 3. The van der Waals surface area contributed by atoms with Crippen LogP contribution < -0.4 is 5.32 Å². The number of imide groups is 1. The second kappa shape index (κ2) is 6.39. The van der Waals surface area contributed by atoms with Crippen molar-refractivity contribution in [2.45, 2.75) is 18.9 Å². The number of hydrogen-bond acceptors (Lipinski definition) is 5. The van der Waals surface area contributed by atoms with E-state index in [1.807, 2.05) is 30.3 Å². The molecular weight excluding hydrogens is 348 g/mol. The van der Waals surface area contributed by atoms with Gasteiger partial charge in [-0.2, -0.15) is 5.10 Å². The first-order valence-electron chi connectivity index (χ1n) is 8.60. The van der Waals surface area contributed by atoms with E-state index in [0.29, 0.717) is 18.7 Å². The van der Waals surface area contributed by atoms with Crippen molar-refractivity contribution in [3.05, 3.63) is 60.1 Å². The third-order valence-electron chi connectivity index (χ3n) is 4.78. The maximum Gasteiger partial charge on any atom is 0.325 e. The zero-order valence-corrected chi connectivity index (χ0v) is 14.7. The highest BCUT2D eigenvalue weighted by Gasteiger charge is 2.51. The van der Waals surface area contributed by atoms with Crippen LogP contribution in [0.2, 0.25) is 0 Å². The molecule has 1 aromatic heterocycles. The first kappa shape index (κ1) is 17.0. The minimum absolute atomic E-state index is 0.321. The van der Waals surface area contributed by atoms with Crippen molar-refractivity contribution >= 4 is 23.6 Å². The monoisotopic (exact) mass is 366 g/mol. The first-order chi connectivity index (χ1) is 13.0. The van der Waals surface area contributed by atoms with Gasteiger partial charge in [0.15, 0.2) is 5.54 Å². The summed E-state index contributed by atoms with van der Waals surface area (Å²) in [6.45, 7) is 1.60. The SMILES string of the molecule is CC1(c2ccco2)NC(=O)N(CC(=O)N2CCC(c3ccccc3)=N2)C1=O. The van der Waals surface area contributed by atoms with Crippen LogP contribution in [0.5, 0.6) is 0 Å². The molecule has 0 spiro atoms. The topological polar surface area (TPSA) is 95.2 Å². The predicted molar refractivity (Wildman–Crippen MR) is 95.6 cm³/mol. The third-order valence-corrected chi connectivity index (χ3v) is 4.78. The minimum atomic E-state index is -1.32. The molecule has 3 heterocycles. The van der Waals surface area contributed by atoms with E-state index in [4.69, 9.17) is 4.42 Å². The summed E-state index contributed by atoms with van der Waals surface area (Å²) < 4.78 is 5.28. The Balaban J connectivity index is 1.48. The summed E-state index contributed by atoms with van der Waals surface area (Å²) in [5.74, 6) is -0.614. The zero-order valence-electron chi connectivity index (χ0n) is 14.7. The van der Waals surface area contributed by atoms with E-state index in [2.05, 4.69) is 10.4 Å². The average Bonchev–Trinajstić information content (AvgIpc) is 3.41. The van der Waals surface area contributed by atoms with Crippen LogP contribution in [0.15, 0.2) is 58.2 Å². The van der Waals surface area contributed by atoms with Crippen LogP contribution in [0.1, 0.15) is 24.7 Å². The molecule has 4 rings (SSSR count). The van der Waals surface area contributed by atoms with Gasteiger partial charge in [0, 0.05) is 6.42 Å². The summed E-state index contributed by atoms with van der Waals surface area (Å²) >= 11 is 0. The molecule has 8 nitrogen and oxygen atoms in total. The number of nitrogens with one attached hydrogen (secondary N) is 1. The highest BCUT2D eigenvalue weighted by atomic mass is 16.3. The minimum Gasteiger partial charge on any atom is -0.466 e. The molecule has 2 aliphatic rings. The molecular formula is C19H18N4O4. The summed E-state index contributed by atoms with van der Waals surface area (Å²) in [6, 6.07) is 12.2. The molecule has 4 amide bonds. The normalized spacial score (nSPS) is 22.2. The molecule has 1 fully saturated rings. The molecule has 2 aliphatic heterocycles.